The van der Waals surface area contributed by atoms with Crippen LogP contribution in [0.1, 0.15) is 11.5 Å². The van der Waals surface area contributed by atoms with E-state index in [4.69, 9.17) is 4.52 Å². The minimum atomic E-state index is -4.63. The minimum absolute atomic E-state index is 0.0590. The van der Waals surface area contributed by atoms with Gasteiger partial charge in [0.25, 0.3) is 0 Å². The lowest BCUT2D eigenvalue weighted by Gasteiger charge is -2.06. The van der Waals surface area contributed by atoms with Gasteiger partial charge in [-0.1, -0.05) is 5.16 Å². The largest absolute Gasteiger partial charge is 0.434 e. The number of halogens is 3. The normalized spacial score (nSPS) is 12.5. The zero-order valence-corrected chi connectivity index (χ0v) is 13.9. The zero-order chi connectivity index (χ0) is 18.4. The molecule has 6 nitrogen and oxygen atoms in total. The van der Waals surface area contributed by atoms with E-state index >= 15 is 0 Å². The third-order valence-corrected chi connectivity index (χ3v) is 4.52. The fourth-order valence-corrected chi connectivity index (χ4v) is 2.85. The van der Waals surface area contributed by atoms with Gasteiger partial charge in [-0.3, -0.25) is 4.57 Å². The van der Waals surface area contributed by atoms with E-state index in [-0.39, 0.29) is 16.4 Å². The van der Waals surface area contributed by atoms with Crippen molar-refractivity contribution in [1.82, 2.24) is 14.7 Å². The number of hydrogen-bond donors (Lipinski definition) is 0. The molecular weight excluding hydrogens is 359 g/mol. The summed E-state index contributed by atoms with van der Waals surface area (Å²) in [7, 11) is -3.41. The minimum Gasteiger partial charge on any atom is -0.361 e. The van der Waals surface area contributed by atoms with Gasteiger partial charge in [-0.2, -0.15) is 13.2 Å². The maximum absolute atomic E-state index is 13.0. The third kappa shape index (κ3) is 3.43. The van der Waals surface area contributed by atoms with Crippen molar-refractivity contribution in [3.8, 4) is 17.2 Å². The average molecular weight is 371 g/mol. The number of benzene rings is 1. The molecule has 0 fully saturated rings. The van der Waals surface area contributed by atoms with Crippen molar-refractivity contribution < 1.29 is 26.1 Å². The molecule has 2 heterocycles. The summed E-state index contributed by atoms with van der Waals surface area (Å²) in [6, 6.07) is 6.89. The Morgan fingerprint density at radius 2 is 1.80 bits per heavy atom. The Balaban J connectivity index is 2.16. The lowest BCUT2D eigenvalue weighted by Crippen LogP contribution is -2.05. The maximum atomic E-state index is 13.0. The molecule has 10 heteroatoms. The van der Waals surface area contributed by atoms with E-state index in [1.54, 1.807) is 6.92 Å². The lowest BCUT2D eigenvalue weighted by molar-refractivity contribution is -0.140. The van der Waals surface area contributed by atoms with Crippen LogP contribution in [0.5, 0.6) is 0 Å². The Morgan fingerprint density at radius 3 is 2.28 bits per heavy atom. The predicted molar refractivity (Wildman–Crippen MR) is 81.9 cm³/mol. The molecule has 0 amide bonds. The van der Waals surface area contributed by atoms with Crippen LogP contribution in [0.15, 0.2) is 45.9 Å². The first-order valence-electron chi connectivity index (χ1n) is 6.96. The smallest absolute Gasteiger partial charge is 0.361 e. The summed E-state index contributed by atoms with van der Waals surface area (Å²) in [4.78, 5) is 3.67. The second-order valence-electron chi connectivity index (χ2n) is 5.41. The van der Waals surface area contributed by atoms with Crippen LogP contribution in [0.25, 0.3) is 17.2 Å². The van der Waals surface area contributed by atoms with Crippen LogP contribution in [0.2, 0.25) is 0 Å². The molecule has 0 saturated carbocycles. The number of aryl methyl sites for hydroxylation is 1. The molecule has 3 aromatic rings. The zero-order valence-electron chi connectivity index (χ0n) is 13.1. The molecular formula is C15H12F3N3O3S. The second-order valence-corrected chi connectivity index (χ2v) is 7.42. The molecule has 132 valence electrons. The van der Waals surface area contributed by atoms with Gasteiger partial charge in [0.2, 0.25) is 0 Å². The van der Waals surface area contributed by atoms with Crippen LogP contribution in [-0.4, -0.2) is 29.4 Å². The molecule has 0 bridgehead atoms. The van der Waals surface area contributed by atoms with E-state index in [1.807, 2.05) is 0 Å². The van der Waals surface area contributed by atoms with Gasteiger partial charge in [0.1, 0.15) is 11.5 Å². The van der Waals surface area contributed by atoms with Crippen LogP contribution in [-0.2, 0) is 16.0 Å². The molecule has 2 aromatic heterocycles. The van der Waals surface area contributed by atoms with Crippen LogP contribution < -0.4 is 0 Å². The summed E-state index contributed by atoms with van der Waals surface area (Å²) in [5.74, 6) is 0.363. The van der Waals surface area contributed by atoms with Crippen LogP contribution in [0, 0.1) is 6.92 Å². The van der Waals surface area contributed by atoms with E-state index in [1.165, 1.54) is 34.9 Å². The standard InChI is InChI=1S/C15H12F3N3O3S/c1-9-7-12(20-24-9)14-19-13(15(16,17)18)8-21(14)10-3-5-11(6-4-10)25(2,22)23/h3-8H,1-2H3. The van der Waals surface area contributed by atoms with Gasteiger partial charge in [-0.15, -0.1) is 0 Å². The SMILES string of the molecule is Cc1cc(-c2nc(C(F)(F)F)cn2-c2ccc(S(C)(=O)=O)cc2)no1. The highest BCUT2D eigenvalue weighted by Gasteiger charge is 2.35. The molecule has 0 aliphatic rings. The Hall–Kier alpha value is -2.62. The number of rotatable bonds is 3. The Bertz CT molecular complexity index is 1020. The predicted octanol–water partition coefficient (Wildman–Crippen LogP) is 3.26. The Morgan fingerprint density at radius 1 is 1.16 bits per heavy atom. The summed E-state index contributed by atoms with van der Waals surface area (Å²) >= 11 is 0. The molecule has 0 saturated heterocycles. The number of imidazole rings is 1. The Kier molecular flexibility index (Phi) is 3.94. The van der Waals surface area contributed by atoms with Crippen LogP contribution >= 0.6 is 0 Å². The summed E-state index contributed by atoms with van der Waals surface area (Å²) in [6.07, 6.45) is -2.76. The third-order valence-electron chi connectivity index (χ3n) is 3.40. The number of alkyl halides is 3. The maximum Gasteiger partial charge on any atom is 0.434 e. The highest BCUT2D eigenvalue weighted by Crippen LogP contribution is 2.32. The summed E-state index contributed by atoms with van der Waals surface area (Å²) in [5.41, 5.74) is -0.637. The van der Waals surface area contributed by atoms with E-state index in [0.29, 0.717) is 11.4 Å². The molecule has 0 spiro atoms. The van der Waals surface area contributed by atoms with E-state index in [9.17, 15) is 21.6 Å². The number of sulfone groups is 1. The molecule has 1 aromatic carbocycles. The number of hydrogen-bond acceptors (Lipinski definition) is 5. The molecule has 3 rings (SSSR count). The topological polar surface area (TPSA) is 78.0 Å². The van der Waals surface area contributed by atoms with E-state index < -0.39 is 21.7 Å². The van der Waals surface area contributed by atoms with Gasteiger partial charge in [0, 0.05) is 24.2 Å². The van der Waals surface area contributed by atoms with Crippen molar-refractivity contribution in [1.29, 1.82) is 0 Å². The molecule has 0 unspecified atom stereocenters. The van der Waals surface area contributed by atoms with Crippen molar-refractivity contribution in [2.75, 3.05) is 6.26 Å². The van der Waals surface area contributed by atoms with Gasteiger partial charge in [-0.25, -0.2) is 13.4 Å². The molecule has 0 atom stereocenters. The van der Waals surface area contributed by atoms with Gasteiger partial charge in [-0.05, 0) is 31.2 Å². The van der Waals surface area contributed by atoms with Gasteiger partial charge < -0.3 is 4.52 Å². The number of aromatic nitrogens is 3. The summed E-state index contributed by atoms with van der Waals surface area (Å²) in [6.45, 7) is 1.61. The first kappa shape index (κ1) is 17.2. The second kappa shape index (κ2) is 5.73. The quantitative estimate of drug-likeness (QED) is 0.706. The summed E-state index contributed by atoms with van der Waals surface area (Å²) < 4.78 is 68.2. The molecule has 25 heavy (non-hydrogen) atoms. The van der Waals surface area contributed by atoms with E-state index in [2.05, 4.69) is 10.1 Å². The van der Waals surface area contributed by atoms with Crippen molar-refractivity contribution >= 4 is 9.84 Å². The highest BCUT2D eigenvalue weighted by atomic mass is 32.2. The Labute approximate surface area is 140 Å². The highest BCUT2D eigenvalue weighted by molar-refractivity contribution is 7.90. The van der Waals surface area contributed by atoms with Gasteiger partial charge in [0.15, 0.2) is 21.4 Å². The van der Waals surface area contributed by atoms with Crippen molar-refractivity contribution in [2.24, 2.45) is 0 Å². The first-order chi connectivity index (χ1) is 11.6. The lowest BCUT2D eigenvalue weighted by atomic mass is 10.3. The fraction of sp³-hybridized carbons (Fsp3) is 0.200. The molecule has 0 aliphatic carbocycles. The van der Waals surface area contributed by atoms with Crippen molar-refractivity contribution in [3.05, 3.63) is 48.0 Å². The van der Waals surface area contributed by atoms with Gasteiger partial charge >= 0.3 is 6.18 Å². The molecule has 0 N–H and O–H groups in total. The van der Waals surface area contributed by atoms with Crippen LogP contribution in [0.4, 0.5) is 13.2 Å². The van der Waals surface area contributed by atoms with Crippen molar-refractivity contribution in [3.63, 3.8) is 0 Å². The average Bonchev–Trinajstić information content (AvgIpc) is 3.12. The first-order valence-corrected chi connectivity index (χ1v) is 8.85. The van der Waals surface area contributed by atoms with E-state index in [0.717, 1.165) is 12.5 Å². The summed E-state index contributed by atoms with van der Waals surface area (Å²) in [5, 5.41) is 3.70. The monoisotopic (exact) mass is 371 g/mol. The van der Waals surface area contributed by atoms with Crippen molar-refractivity contribution in [2.45, 2.75) is 18.0 Å². The molecule has 0 radical (unpaired) electrons. The fourth-order valence-electron chi connectivity index (χ4n) is 2.22. The van der Waals surface area contributed by atoms with Crippen LogP contribution in [0.3, 0.4) is 0 Å². The van der Waals surface area contributed by atoms with Gasteiger partial charge in [0.05, 0.1) is 4.90 Å². The number of nitrogens with zero attached hydrogens (tertiary/aromatic N) is 3. The molecule has 0 aliphatic heterocycles.